The summed E-state index contributed by atoms with van der Waals surface area (Å²) < 4.78 is 2.64. The van der Waals surface area contributed by atoms with Crippen LogP contribution in [-0.2, 0) is 0 Å². The van der Waals surface area contributed by atoms with Crippen molar-refractivity contribution >= 4 is 70.1 Å². The molecule has 0 saturated heterocycles. The Bertz CT molecular complexity index is 2890. The van der Waals surface area contributed by atoms with Crippen molar-refractivity contribution in [3.05, 3.63) is 200 Å². The SMILES string of the molecule is c1ccc(-c2ccc(-c3ccccc3N(c3ccc4ccccc4c3)c3cc4c5cccc(-c6ccccc6)c5sc4c4ccccc34)cc2)cc1. The lowest BCUT2D eigenvalue weighted by molar-refractivity contribution is 1.31. The number of hydrogen-bond acceptors (Lipinski definition) is 2. The topological polar surface area (TPSA) is 3.24 Å². The molecule has 0 fully saturated rings. The summed E-state index contributed by atoms with van der Waals surface area (Å²) in [4.78, 5) is 2.49. The maximum atomic E-state index is 2.49. The van der Waals surface area contributed by atoms with Gasteiger partial charge in [0, 0.05) is 42.2 Å². The van der Waals surface area contributed by atoms with Gasteiger partial charge in [0.2, 0.25) is 0 Å². The molecule has 0 amide bonds. The van der Waals surface area contributed by atoms with Crippen LogP contribution in [0, 0.1) is 0 Å². The summed E-state index contributed by atoms with van der Waals surface area (Å²) in [6.45, 7) is 0. The third-order valence-electron chi connectivity index (χ3n) is 10.2. The van der Waals surface area contributed by atoms with E-state index in [1.807, 2.05) is 11.3 Å². The van der Waals surface area contributed by atoms with E-state index in [1.165, 1.54) is 75.1 Å². The van der Waals surface area contributed by atoms with Gasteiger partial charge in [-0.15, -0.1) is 11.3 Å². The molecule has 52 heavy (non-hydrogen) atoms. The van der Waals surface area contributed by atoms with Crippen molar-refractivity contribution in [2.45, 2.75) is 0 Å². The predicted octanol–water partition coefficient (Wildman–Crippen LogP) is 14.8. The average molecular weight is 680 g/mol. The fraction of sp³-hybridized carbons (Fsp3) is 0. The van der Waals surface area contributed by atoms with Crippen molar-refractivity contribution in [1.29, 1.82) is 0 Å². The lowest BCUT2D eigenvalue weighted by atomic mass is 9.97. The molecule has 0 radical (unpaired) electrons. The molecule has 10 aromatic rings. The highest BCUT2D eigenvalue weighted by atomic mass is 32.1. The number of rotatable bonds is 6. The highest BCUT2D eigenvalue weighted by molar-refractivity contribution is 7.27. The summed E-state index contributed by atoms with van der Waals surface area (Å²) in [6.07, 6.45) is 0. The maximum Gasteiger partial charge on any atom is 0.0547 e. The van der Waals surface area contributed by atoms with E-state index in [9.17, 15) is 0 Å². The van der Waals surface area contributed by atoms with Crippen molar-refractivity contribution < 1.29 is 0 Å². The molecule has 1 heterocycles. The Labute approximate surface area is 307 Å². The van der Waals surface area contributed by atoms with Crippen LogP contribution in [0.25, 0.3) is 75.1 Å². The Morgan fingerprint density at radius 3 is 1.67 bits per heavy atom. The molecule has 0 aliphatic carbocycles. The zero-order chi connectivity index (χ0) is 34.4. The zero-order valence-corrected chi connectivity index (χ0v) is 29.2. The molecule has 0 saturated carbocycles. The third kappa shape index (κ3) is 5.16. The molecular formula is C50H33NS. The van der Waals surface area contributed by atoms with E-state index in [4.69, 9.17) is 0 Å². The Balaban J connectivity index is 1.24. The van der Waals surface area contributed by atoms with E-state index in [0.29, 0.717) is 0 Å². The number of benzene rings is 9. The van der Waals surface area contributed by atoms with Gasteiger partial charge in [0.25, 0.3) is 0 Å². The lowest BCUT2D eigenvalue weighted by Crippen LogP contribution is -2.12. The van der Waals surface area contributed by atoms with Gasteiger partial charge in [-0.3, -0.25) is 0 Å². The highest BCUT2D eigenvalue weighted by Crippen LogP contribution is 2.49. The fourth-order valence-electron chi connectivity index (χ4n) is 7.74. The summed E-state index contributed by atoms with van der Waals surface area (Å²) in [7, 11) is 0. The molecule has 0 N–H and O–H groups in total. The largest absolute Gasteiger partial charge is 0.309 e. The summed E-state index contributed by atoms with van der Waals surface area (Å²) in [5, 5.41) is 7.51. The number of para-hydroxylation sites is 1. The van der Waals surface area contributed by atoms with Crippen molar-refractivity contribution in [2.75, 3.05) is 4.90 Å². The minimum absolute atomic E-state index is 1.13. The van der Waals surface area contributed by atoms with Crippen LogP contribution in [0.3, 0.4) is 0 Å². The molecule has 0 spiro atoms. The van der Waals surface area contributed by atoms with Crippen LogP contribution >= 0.6 is 11.3 Å². The molecular weight excluding hydrogens is 647 g/mol. The summed E-state index contributed by atoms with van der Waals surface area (Å²) in [5.74, 6) is 0. The van der Waals surface area contributed by atoms with E-state index in [1.54, 1.807) is 0 Å². The van der Waals surface area contributed by atoms with Crippen LogP contribution < -0.4 is 4.90 Å². The van der Waals surface area contributed by atoms with Gasteiger partial charge in [-0.05, 0) is 62.9 Å². The van der Waals surface area contributed by atoms with Crippen molar-refractivity contribution in [1.82, 2.24) is 0 Å². The van der Waals surface area contributed by atoms with E-state index >= 15 is 0 Å². The van der Waals surface area contributed by atoms with Gasteiger partial charge >= 0.3 is 0 Å². The second kappa shape index (κ2) is 12.7. The number of thiophene rings is 1. The monoisotopic (exact) mass is 679 g/mol. The highest BCUT2D eigenvalue weighted by Gasteiger charge is 2.22. The third-order valence-corrected chi connectivity index (χ3v) is 11.5. The van der Waals surface area contributed by atoms with E-state index < -0.39 is 0 Å². The molecule has 2 heteroatoms. The fourth-order valence-corrected chi connectivity index (χ4v) is 9.09. The lowest BCUT2D eigenvalue weighted by Gasteiger charge is -2.29. The van der Waals surface area contributed by atoms with Gasteiger partial charge in [0.15, 0.2) is 0 Å². The van der Waals surface area contributed by atoms with Crippen LogP contribution in [0.2, 0.25) is 0 Å². The molecule has 9 aromatic carbocycles. The molecule has 0 unspecified atom stereocenters. The van der Waals surface area contributed by atoms with E-state index in [2.05, 4.69) is 205 Å². The molecule has 244 valence electrons. The molecule has 10 rings (SSSR count). The van der Waals surface area contributed by atoms with Crippen molar-refractivity contribution in [2.24, 2.45) is 0 Å². The maximum absolute atomic E-state index is 2.49. The molecule has 0 aliphatic rings. The van der Waals surface area contributed by atoms with Gasteiger partial charge in [-0.2, -0.15) is 0 Å². The average Bonchev–Trinajstić information content (AvgIpc) is 3.61. The van der Waals surface area contributed by atoms with E-state index in [-0.39, 0.29) is 0 Å². The van der Waals surface area contributed by atoms with Crippen LogP contribution in [0.1, 0.15) is 0 Å². The number of hydrogen-bond donors (Lipinski definition) is 0. The normalized spacial score (nSPS) is 11.5. The van der Waals surface area contributed by atoms with Gasteiger partial charge in [0.05, 0.1) is 11.4 Å². The molecule has 0 bridgehead atoms. The summed E-state index contributed by atoms with van der Waals surface area (Å²) >= 11 is 1.91. The first-order valence-corrected chi connectivity index (χ1v) is 18.6. The minimum Gasteiger partial charge on any atom is -0.309 e. The van der Waals surface area contributed by atoms with Crippen LogP contribution in [0.4, 0.5) is 17.1 Å². The number of nitrogens with zero attached hydrogens (tertiary/aromatic N) is 1. The van der Waals surface area contributed by atoms with Gasteiger partial charge in [0.1, 0.15) is 0 Å². The smallest absolute Gasteiger partial charge is 0.0547 e. The first kappa shape index (κ1) is 30.4. The van der Waals surface area contributed by atoms with E-state index in [0.717, 1.165) is 17.1 Å². The quantitative estimate of drug-likeness (QED) is 0.169. The van der Waals surface area contributed by atoms with Gasteiger partial charge in [-0.25, -0.2) is 0 Å². The molecule has 0 aliphatic heterocycles. The van der Waals surface area contributed by atoms with Gasteiger partial charge < -0.3 is 4.90 Å². The zero-order valence-electron chi connectivity index (χ0n) is 28.4. The first-order chi connectivity index (χ1) is 25.8. The number of fused-ring (bicyclic) bond motifs is 6. The molecule has 1 nitrogen and oxygen atoms in total. The first-order valence-electron chi connectivity index (χ1n) is 17.8. The summed E-state index contributed by atoms with van der Waals surface area (Å²) in [6, 6.07) is 72.9. The standard InChI is InChI=1S/C50H33NS/c1-3-14-34(15-4-1)36-26-28-38(29-27-36)41-20-11-12-25-47(41)51(40-31-30-35-16-7-8-19-39(35)32-40)48-33-46-45-24-13-23-42(37-17-5-2-6-18-37)49(45)52-50(46)44-22-10-9-21-43(44)48/h1-33H. The second-order valence-corrected chi connectivity index (χ2v) is 14.3. The Morgan fingerprint density at radius 1 is 0.308 bits per heavy atom. The molecule has 1 aromatic heterocycles. The van der Waals surface area contributed by atoms with Crippen LogP contribution in [0.15, 0.2) is 200 Å². The number of anilines is 3. The Morgan fingerprint density at radius 2 is 0.865 bits per heavy atom. The Kier molecular flexibility index (Phi) is 7.41. The minimum atomic E-state index is 1.13. The Hall–Kier alpha value is -6.48. The summed E-state index contributed by atoms with van der Waals surface area (Å²) in [5.41, 5.74) is 10.7. The van der Waals surface area contributed by atoms with Gasteiger partial charge in [-0.1, -0.05) is 176 Å². The predicted molar refractivity (Wildman–Crippen MR) is 225 cm³/mol. The van der Waals surface area contributed by atoms with Crippen LogP contribution in [-0.4, -0.2) is 0 Å². The molecule has 0 atom stereocenters. The van der Waals surface area contributed by atoms with Crippen LogP contribution in [0.5, 0.6) is 0 Å². The van der Waals surface area contributed by atoms with Crippen molar-refractivity contribution in [3.63, 3.8) is 0 Å². The second-order valence-electron chi connectivity index (χ2n) is 13.3. The van der Waals surface area contributed by atoms with Crippen molar-refractivity contribution in [3.8, 4) is 33.4 Å².